The van der Waals surface area contributed by atoms with Crippen LogP contribution in [0.4, 0.5) is 0 Å². The lowest BCUT2D eigenvalue weighted by Gasteiger charge is -2.07. The maximum absolute atomic E-state index is 13.3. The fourth-order valence-electron chi connectivity index (χ4n) is 3.25. The first-order valence-electron chi connectivity index (χ1n) is 8.68. The summed E-state index contributed by atoms with van der Waals surface area (Å²) < 4.78 is 7.89. The molecule has 0 atom stereocenters. The van der Waals surface area contributed by atoms with Gasteiger partial charge in [-0.2, -0.15) is 0 Å². The standard InChI is InChI=1S/C20H18BrN3O2S/c1-4-16-17(13-5-7-14(21)8-6-13)18-19(27-16)22-10-24(20(18)25)9-15-11(2)23-26-12(15)3/h5-8,10H,4,9H2,1-3H3. The molecule has 0 bridgehead atoms. The lowest BCUT2D eigenvalue weighted by molar-refractivity contribution is 0.392. The molecule has 0 aliphatic heterocycles. The third kappa shape index (κ3) is 3.15. The van der Waals surface area contributed by atoms with E-state index in [-0.39, 0.29) is 5.56 Å². The van der Waals surface area contributed by atoms with E-state index in [1.807, 2.05) is 38.1 Å². The summed E-state index contributed by atoms with van der Waals surface area (Å²) in [5.41, 5.74) is 3.72. The van der Waals surface area contributed by atoms with Gasteiger partial charge in [-0.05, 0) is 38.0 Å². The van der Waals surface area contributed by atoms with E-state index in [1.165, 1.54) is 4.88 Å². The number of fused-ring (bicyclic) bond motifs is 1. The van der Waals surface area contributed by atoms with Crippen molar-refractivity contribution in [3.8, 4) is 11.1 Å². The van der Waals surface area contributed by atoms with Gasteiger partial charge in [0.25, 0.3) is 5.56 Å². The number of nitrogens with zero attached hydrogens (tertiary/aromatic N) is 3. The number of rotatable bonds is 4. The van der Waals surface area contributed by atoms with E-state index in [9.17, 15) is 4.79 Å². The first-order valence-corrected chi connectivity index (χ1v) is 10.3. The van der Waals surface area contributed by atoms with Crippen LogP contribution in [0.3, 0.4) is 0 Å². The number of hydrogen-bond donors (Lipinski definition) is 0. The predicted molar refractivity (Wildman–Crippen MR) is 111 cm³/mol. The average Bonchev–Trinajstić information content (AvgIpc) is 3.19. The highest BCUT2D eigenvalue weighted by Crippen LogP contribution is 2.36. The molecular formula is C20H18BrN3O2S. The van der Waals surface area contributed by atoms with Crippen LogP contribution >= 0.6 is 27.3 Å². The van der Waals surface area contributed by atoms with E-state index in [2.05, 4.69) is 33.0 Å². The molecule has 27 heavy (non-hydrogen) atoms. The molecule has 0 aliphatic carbocycles. The quantitative estimate of drug-likeness (QED) is 0.439. The Morgan fingerprint density at radius 1 is 1.22 bits per heavy atom. The van der Waals surface area contributed by atoms with Crippen LogP contribution in [-0.2, 0) is 13.0 Å². The van der Waals surface area contributed by atoms with Gasteiger partial charge < -0.3 is 4.52 Å². The van der Waals surface area contributed by atoms with Gasteiger partial charge in [0.05, 0.1) is 24.0 Å². The van der Waals surface area contributed by atoms with Gasteiger partial charge in [-0.15, -0.1) is 11.3 Å². The van der Waals surface area contributed by atoms with Gasteiger partial charge in [-0.3, -0.25) is 9.36 Å². The smallest absolute Gasteiger partial charge is 0.263 e. The fraction of sp³-hybridized carbons (Fsp3) is 0.250. The zero-order chi connectivity index (χ0) is 19.1. The molecule has 3 heterocycles. The third-order valence-corrected chi connectivity index (χ3v) is 6.49. The number of aromatic nitrogens is 3. The molecule has 0 unspecified atom stereocenters. The topological polar surface area (TPSA) is 60.9 Å². The minimum Gasteiger partial charge on any atom is -0.361 e. The maximum Gasteiger partial charge on any atom is 0.263 e. The van der Waals surface area contributed by atoms with Crippen LogP contribution in [0.25, 0.3) is 21.3 Å². The Labute approximate surface area is 168 Å². The number of halogens is 1. The number of benzene rings is 1. The molecule has 0 amide bonds. The average molecular weight is 444 g/mol. The minimum absolute atomic E-state index is 0.0335. The SMILES string of the molecule is CCc1sc2ncn(Cc3c(C)noc3C)c(=O)c2c1-c1ccc(Br)cc1. The molecule has 0 saturated heterocycles. The number of hydrogen-bond acceptors (Lipinski definition) is 5. The summed E-state index contributed by atoms with van der Waals surface area (Å²) in [6, 6.07) is 8.07. The Bertz CT molecular complexity index is 1170. The van der Waals surface area contributed by atoms with Crippen LogP contribution in [0.1, 0.15) is 28.8 Å². The van der Waals surface area contributed by atoms with Gasteiger partial charge in [-0.25, -0.2) is 4.98 Å². The molecule has 138 valence electrons. The van der Waals surface area contributed by atoms with Crippen LogP contribution in [0.15, 0.2) is 44.4 Å². The summed E-state index contributed by atoms with van der Waals surface area (Å²) >= 11 is 5.07. The summed E-state index contributed by atoms with van der Waals surface area (Å²) in [7, 11) is 0. The molecule has 0 radical (unpaired) electrons. The molecule has 3 aromatic heterocycles. The first-order chi connectivity index (χ1) is 13.0. The van der Waals surface area contributed by atoms with E-state index in [1.54, 1.807) is 22.2 Å². The summed E-state index contributed by atoms with van der Waals surface area (Å²) in [5.74, 6) is 0.729. The van der Waals surface area contributed by atoms with Crippen LogP contribution < -0.4 is 5.56 Å². The summed E-state index contributed by atoms with van der Waals surface area (Å²) in [6.45, 7) is 6.25. The van der Waals surface area contributed by atoms with Gasteiger partial charge >= 0.3 is 0 Å². The summed E-state index contributed by atoms with van der Waals surface area (Å²) in [4.78, 5) is 19.9. The molecular weight excluding hydrogens is 426 g/mol. The van der Waals surface area contributed by atoms with Crippen molar-refractivity contribution in [2.45, 2.75) is 33.7 Å². The second-order valence-corrected chi connectivity index (χ2v) is 8.42. The zero-order valence-corrected chi connectivity index (χ0v) is 17.6. The number of aryl methyl sites for hydroxylation is 3. The predicted octanol–water partition coefficient (Wildman–Crippen LogP) is 5.10. The highest BCUT2D eigenvalue weighted by Gasteiger charge is 2.19. The molecule has 4 aromatic rings. The normalized spacial score (nSPS) is 11.4. The van der Waals surface area contributed by atoms with Crippen molar-refractivity contribution >= 4 is 37.5 Å². The minimum atomic E-state index is -0.0335. The van der Waals surface area contributed by atoms with E-state index in [0.29, 0.717) is 11.9 Å². The molecule has 5 nitrogen and oxygen atoms in total. The zero-order valence-electron chi connectivity index (χ0n) is 15.2. The van der Waals surface area contributed by atoms with Gasteiger partial charge in [0, 0.05) is 20.5 Å². The Kier molecular flexibility index (Phi) is 4.74. The molecule has 1 aromatic carbocycles. The Morgan fingerprint density at radius 2 is 1.96 bits per heavy atom. The van der Waals surface area contributed by atoms with Gasteiger partial charge in [0.2, 0.25) is 0 Å². The molecule has 0 aliphatic rings. The molecule has 4 rings (SSSR count). The van der Waals surface area contributed by atoms with Crippen molar-refractivity contribution in [1.29, 1.82) is 0 Å². The largest absolute Gasteiger partial charge is 0.361 e. The first kappa shape index (κ1) is 18.1. The van der Waals surface area contributed by atoms with Crippen molar-refractivity contribution in [3.05, 3.63) is 67.3 Å². The van der Waals surface area contributed by atoms with E-state index < -0.39 is 0 Å². The molecule has 7 heteroatoms. The van der Waals surface area contributed by atoms with Crippen molar-refractivity contribution in [1.82, 2.24) is 14.7 Å². The van der Waals surface area contributed by atoms with E-state index in [0.717, 1.165) is 43.9 Å². The van der Waals surface area contributed by atoms with E-state index >= 15 is 0 Å². The lowest BCUT2D eigenvalue weighted by Crippen LogP contribution is -2.21. The number of thiophene rings is 1. The van der Waals surface area contributed by atoms with Crippen molar-refractivity contribution in [2.24, 2.45) is 0 Å². The highest BCUT2D eigenvalue weighted by molar-refractivity contribution is 9.10. The van der Waals surface area contributed by atoms with Gasteiger partial charge in [0.1, 0.15) is 10.6 Å². The van der Waals surface area contributed by atoms with Crippen molar-refractivity contribution in [2.75, 3.05) is 0 Å². The highest BCUT2D eigenvalue weighted by atomic mass is 79.9. The van der Waals surface area contributed by atoms with Crippen molar-refractivity contribution in [3.63, 3.8) is 0 Å². The monoisotopic (exact) mass is 443 g/mol. The Hall–Kier alpha value is -2.25. The second kappa shape index (κ2) is 7.05. The second-order valence-electron chi connectivity index (χ2n) is 6.42. The molecule has 0 fully saturated rings. The van der Waals surface area contributed by atoms with Gasteiger partial charge in [0.15, 0.2) is 0 Å². The summed E-state index contributed by atoms with van der Waals surface area (Å²) in [6.07, 6.45) is 2.48. The van der Waals surface area contributed by atoms with Crippen LogP contribution in [0.2, 0.25) is 0 Å². The van der Waals surface area contributed by atoms with Gasteiger partial charge in [-0.1, -0.05) is 40.1 Å². The maximum atomic E-state index is 13.3. The Balaban J connectivity index is 1.93. The molecule has 0 N–H and O–H groups in total. The fourth-order valence-corrected chi connectivity index (χ4v) is 4.61. The lowest BCUT2D eigenvalue weighted by atomic mass is 10.0. The Morgan fingerprint density at radius 3 is 2.59 bits per heavy atom. The molecule has 0 saturated carbocycles. The third-order valence-electron chi connectivity index (χ3n) is 4.72. The van der Waals surface area contributed by atoms with Crippen LogP contribution in [0, 0.1) is 13.8 Å². The van der Waals surface area contributed by atoms with Crippen LogP contribution in [-0.4, -0.2) is 14.7 Å². The van der Waals surface area contributed by atoms with Crippen molar-refractivity contribution < 1.29 is 4.52 Å². The van der Waals surface area contributed by atoms with E-state index in [4.69, 9.17) is 4.52 Å². The van der Waals surface area contributed by atoms with Crippen LogP contribution in [0.5, 0.6) is 0 Å². The summed E-state index contributed by atoms with van der Waals surface area (Å²) in [5, 5.41) is 4.67. The molecule has 0 spiro atoms.